The molecule has 0 spiro atoms. The molecule has 0 unspecified atom stereocenters. The second kappa shape index (κ2) is 6.18. The maximum atomic E-state index is 13.7. The molecule has 0 radical (unpaired) electrons. The van der Waals surface area contributed by atoms with Gasteiger partial charge in [0.1, 0.15) is 5.82 Å². The molecule has 0 aliphatic rings. The van der Waals surface area contributed by atoms with Gasteiger partial charge >= 0.3 is 5.97 Å². The van der Waals surface area contributed by atoms with Crippen molar-refractivity contribution < 1.29 is 13.9 Å². The lowest BCUT2D eigenvalue weighted by atomic mass is 10.2. The molecule has 6 heteroatoms. The molecular weight excluding hydrogens is 261 g/mol. The molecule has 5 nitrogen and oxygen atoms in total. The number of rotatable bonds is 5. The third-order valence-corrected chi connectivity index (χ3v) is 2.88. The Balaban J connectivity index is 2.10. The number of benzene rings is 1. The molecule has 1 aromatic heterocycles. The lowest BCUT2D eigenvalue weighted by Gasteiger charge is -2.08. The molecule has 1 aromatic carbocycles. The highest BCUT2D eigenvalue weighted by atomic mass is 19.1. The van der Waals surface area contributed by atoms with E-state index in [1.165, 1.54) is 25.3 Å². The van der Waals surface area contributed by atoms with Crippen molar-refractivity contribution in [2.45, 2.75) is 20.0 Å². The number of nitrogens with zero attached hydrogens (tertiary/aromatic N) is 2. The van der Waals surface area contributed by atoms with Crippen LogP contribution < -0.4 is 5.32 Å². The first kappa shape index (κ1) is 14.0. The highest BCUT2D eigenvalue weighted by molar-refractivity contribution is 5.90. The summed E-state index contributed by atoms with van der Waals surface area (Å²) in [6, 6.07) is 4.07. The number of hydrogen-bond donors (Lipinski definition) is 1. The van der Waals surface area contributed by atoms with Gasteiger partial charge in [-0.2, -0.15) is 5.10 Å². The predicted octanol–water partition coefficient (Wildman–Crippen LogP) is 2.44. The van der Waals surface area contributed by atoms with Crippen LogP contribution in [0.15, 0.2) is 30.6 Å². The Morgan fingerprint density at radius 2 is 2.30 bits per heavy atom. The molecule has 20 heavy (non-hydrogen) atoms. The van der Waals surface area contributed by atoms with Crippen molar-refractivity contribution in [2.24, 2.45) is 0 Å². The van der Waals surface area contributed by atoms with Crippen LogP contribution in [0.25, 0.3) is 0 Å². The molecule has 0 amide bonds. The first-order valence-corrected chi connectivity index (χ1v) is 6.27. The second-order valence-corrected chi connectivity index (χ2v) is 4.24. The molecule has 0 aliphatic carbocycles. The van der Waals surface area contributed by atoms with E-state index in [1.54, 1.807) is 10.9 Å². The van der Waals surface area contributed by atoms with E-state index in [1.807, 2.05) is 13.1 Å². The number of methoxy groups -OCH3 is 1. The van der Waals surface area contributed by atoms with E-state index >= 15 is 0 Å². The number of halogens is 1. The summed E-state index contributed by atoms with van der Waals surface area (Å²) in [6.45, 7) is 3.21. The fourth-order valence-corrected chi connectivity index (χ4v) is 1.77. The zero-order valence-corrected chi connectivity index (χ0v) is 11.4. The molecule has 0 saturated heterocycles. The maximum Gasteiger partial charge on any atom is 0.337 e. The summed E-state index contributed by atoms with van der Waals surface area (Å²) in [5.74, 6) is -0.910. The van der Waals surface area contributed by atoms with Crippen molar-refractivity contribution in [2.75, 3.05) is 12.4 Å². The number of carbonyl (C=O) groups excluding carboxylic acids is 1. The minimum atomic E-state index is -0.494. The molecule has 2 aromatic rings. The van der Waals surface area contributed by atoms with Gasteiger partial charge in [0.15, 0.2) is 0 Å². The lowest BCUT2D eigenvalue weighted by molar-refractivity contribution is 0.0600. The van der Waals surface area contributed by atoms with E-state index in [4.69, 9.17) is 0 Å². The van der Waals surface area contributed by atoms with Gasteiger partial charge < -0.3 is 10.1 Å². The molecule has 106 valence electrons. The van der Waals surface area contributed by atoms with Gasteiger partial charge in [0.2, 0.25) is 0 Å². The van der Waals surface area contributed by atoms with Crippen molar-refractivity contribution >= 4 is 11.7 Å². The minimum Gasteiger partial charge on any atom is -0.465 e. The van der Waals surface area contributed by atoms with Crippen LogP contribution in [0.4, 0.5) is 10.1 Å². The van der Waals surface area contributed by atoms with E-state index in [9.17, 15) is 9.18 Å². The number of nitrogens with one attached hydrogen (secondary N) is 1. The highest BCUT2D eigenvalue weighted by Crippen LogP contribution is 2.17. The molecule has 0 bridgehead atoms. The minimum absolute atomic E-state index is 0.261. The Kier molecular flexibility index (Phi) is 4.34. The normalized spacial score (nSPS) is 10.3. The molecule has 0 saturated carbocycles. The Morgan fingerprint density at radius 3 is 2.95 bits per heavy atom. The maximum absolute atomic E-state index is 13.7. The summed E-state index contributed by atoms with van der Waals surface area (Å²) in [5.41, 5.74) is 1.51. The van der Waals surface area contributed by atoms with Gasteiger partial charge in [-0.1, -0.05) is 0 Å². The first-order chi connectivity index (χ1) is 9.63. The van der Waals surface area contributed by atoms with Crippen molar-refractivity contribution in [3.05, 3.63) is 47.5 Å². The van der Waals surface area contributed by atoms with Gasteiger partial charge in [-0.25, -0.2) is 9.18 Å². The van der Waals surface area contributed by atoms with Gasteiger partial charge in [-0.15, -0.1) is 0 Å². The molecule has 1 N–H and O–H groups in total. The number of aryl methyl sites for hydroxylation is 1. The van der Waals surface area contributed by atoms with Gasteiger partial charge in [-0.05, 0) is 25.1 Å². The van der Waals surface area contributed by atoms with Crippen LogP contribution in [0.5, 0.6) is 0 Å². The summed E-state index contributed by atoms with van der Waals surface area (Å²) in [7, 11) is 1.29. The monoisotopic (exact) mass is 277 g/mol. The van der Waals surface area contributed by atoms with Crippen LogP contribution in [0.3, 0.4) is 0 Å². The third kappa shape index (κ3) is 3.14. The standard InChI is InChI=1S/C14H16FN3O2/c1-3-18-9-10(8-17-18)7-16-13-6-11(14(19)20-2)4-5-12(13)15/h4-6,8-9,16H,3,7H2,1-2H3. The largest absolute Gasteiger partial charge is 0.465 e. The summed E-state index contributed by atoms with van der Waals surface area (Å²) in [5, 5.41) is 7.09. The van der Waals surface area contributed by atoms with E-state index in [0.717, 1.165) is 12.1 Å². The Hall–Kier alpha value is -2.37. The van der Waals surface area contributed by atoms with Gasteiger partial charge in [0.05, 0.1) is 24.6 Å². The van der Waals surface area contributed by atoms with Crippen LogP contribution in [-0.2, 0) is 17.8 Å². The number of carbonyl (C=O) groups is 1. The molecule has 2 rings (SSSR count). The van der Waals surface area contributed by atoms with Crippen molar-refractivity contribution in [3.8, 4) is 0 Å². The molecule has 0 fully saturated rings. The fraction of sp³-hybridized carbons (Fsp3) is 0.286. The molecule has 1 heterocycles. The third-order valence-electron chi connectivity index (χ3n) is 2.88. The van der Waals surface area contributed by atoms with Gasteiger partial charge in [0, 0.05) is 24.8 Å². The number of anilines is 1. The van der Waals surface area contributed by atoms with Gasteiger partial charge in [-0.3, -0.25) is 4.68 Å². The Labute approximate surface area is 116 Å². The van der Waals surface area contributed by atoms with Gasteiger partial charge in [0.25, 0.3) is 0 Å². The predicted molar refractivity (Wildman–Crippen MR) is 73.0 cm³/mol. The quantitative estimate of drug-likeness (QED) is 0.853. The van der Waals surface area contributed by atoms with Crippen molar-refractivity contribution in [3.63, 3.8) is 0 Å². The summed E-state index contributed by atoms with van der Waals surface area (Å²) in [4.78, 5) is 11.4. The Bertz CT molecular complexity index is 610. The van der Waals surface area contributed by atoms with Crippen LogP contribution in [-0.4, -0.2) is 22.9 Å². The topological polar surface area (TPSA) is 56.2 Å². The number of aromatic nitrogens is 2. The smallest absolute Gasteiger partial charge is 0.337 e. The van der Waals surface area contributed by atoms with Crippen LogP contribution in [0.1, 0.15) is 22.8 Å². The van der Waals surface area contributed by atoms with E-state index < -0.39 is 11.8 Å². The van der Waals surface area contributed by atoms with Crippen LogP contribution in [0, 0.1) is 5.82 Å². The lowest BCUT2D eigenvalue weighted by Crippen LogP contribution is -2.05. The average molecular weight is 277 g/mol. The number of ether oxygens (including phenoxy) is 1. The Morgan fingerprint density at radius 1 is 1.50 bits per heavy atom. The summed E-state index contributed by atoms with van der Waals surface area (Å²) >= 11 is 0. The van der Waals surface area contributed by atoms with Crippen LogP contribution >= 0.6 is 0 Å². The van der Waals surface area contributed by atoms with Crippen LogP contribution in [0.2, 0.25) is 0 Å². The summed E-state index contributed by atoms with van der Waals surface area (Å²) < 4.78 is 20.1. The van der Waals surface area contributed by atoms with E-state index in [0.29, 0.717) is 12.1 Å². The van der Waals surface area contributed by atoms with Crippen molar-refractivity contribution in [1.29, 1.82) is 0 Å². The molecular formula is C14H16FN3O2. The molecule has 0 atom stereocenters. The zero-order chi connectivity index (χ0) is 14.5. The fourth-order valence-electron chi connectivity index (χ4n) is 1.77. The highest BCUT2D eigenvalue weighted by Gasteiger charge is 2.10. The second-order valence-electron chi connectivity index (χ2n) is 4.24. The average Bonchev–Trinajstić information content (AvgIpc) is 2.93. The van der Waals surface area contributed by atoms with Crippen molar-refractivity contribution in [1.82, 2.24) is 9.78 Å². The first-order valence-electron chi connectivity index (χ1n) is 6.27. The number of hydrogen-bond acceptors (Lipinski definition) is 4. The SMILES string of the molecule is CCn1cc(CNc2cc(C(=O)OC)ccc2F)cn1. The van der Waals surface area contributed by atoms with E-state index in [2.05, 4.69) is 15.2 Å². The molecule has 0 aliphatic heterocycles. The van der Waals surface area contributed by atoms with E-state index in [-0.39, 0.29) is 5.69 Å². The summed E-state index contributed by atoms with van der Waals surface area (Å²) in [6.07, 6.45) is 3.60. The zero-order valence-electron chi connectivity index (χ0n) is 11.4. The number of esters is 1.